The minimum Gasteiger partial charge on any atom is -0.466 e. The van der Waals surface area contributed by atoms with E-state index in [1.54, 1.807) is 26.8 Å². The van der Waals surface area contributed by atoms with E-state index in [-0.39, 0.29) is 12.5 Å². The highest BCUT2D eigenvalue weighted by atomic mass is 16.3. The number of benzene rings is 1. The molecule has 1 aromatic carbocycles. The van der Waals surface area contributed by atoms with Gasteiger partial charge in [-0.2, -0.15) is 0 Å². The Hall–Kier alpha value is -2.07. The molecule has 0 spiro atoms. The molecule has 1 unspecified atom stereocenters. The standard InChI is InChI=1S/C16H19NO3/c1-11-9-14(12(2)20-11)15(18)17-10-16(3,19)13-7-5-4-6-8-13/h4-9,19H,10H2,1-3H3,(H,17,18). The average molecular weight is 273 g/mol. The maximum Gasteiger partial charge on any atom is 0.254 e. The Balaban J connectivity index is 2.05. The number of carbonyl (C=O) groups is 1. The van der Waals surface area contributed by atoms with Crippen LogP contribution in [0.25, 0.3) is 0 Å². The Morgan fingerprint density at radius 3 is 2.50 bits per heavy atom. The minimum atomic E-state index is -1.11. The van der Waals surface area contributed by atoms with Crippen molar-refractivity contribution in [3.05, 3.63) is 59.0 Å². The highest BCUT2D eigenvalue weighted by molar-refractivity contribution is 5.95. The number of furan rings is 1. The molecule has 1 heterocycles. The molecule has 0 aliphatic heterocycles. The average Bonchev–Trinajstić information content (AvgIpc) is 2.76. The number of amides is 1. The van der Waals surface area contributed by atoms with Crippen LogP contribution in [0.1, 0.15) is 34.4 Å². The summed E-state index contributed by atoms with van der Waals surface area (Å²) in [4.78, 5) is 12.1. The maximum atomic E-state index is 12.1. The van der Waals surface area contributed by atoms with Crippen LogP contribution in [0.4, 0.5) is 0 Å². The third kappa shape index (κ3) is 3.08. The van der Waals surface area contributed by atoms with Crippen LogP contribution in [0.3, 0.4) is 0 Å². The predicted molar refractivity (Wildman–Crippen MR) is 76.5 cm³/mol. The molecule has 20 heavy (non-hydrogen) atoms. The summed E-state index contributed by atoms with van der Waals surface area (Å²) in [6, 6.07) is 11.0. The maximum absolute atomic E-state index is 12.1. The van der Waals surface area contributed by atoms with E-state index < -0.39 is 5.60 Å². The van der Waals surface area contributed by atoms with Crippen molar-refractivity contribution in [1.82, 2.24) is 5.32 Å². The van der Waals surface area contributed by atoms with Crippen LogP contribution in [0.15, 0.2) is 40.8 Å². The van der Waals surface area contributed by atoms with Gasteiger partial charge in [-0.3, -0.25) is 4.79 Å². The summed E-state index contributed by atoms with van der Waals surface area (Å²) in [5.74, 6) is 1.04. The molecule has 1 atom stereocenters. The molecule has 106 valence electrons. The molecule has 0 bridgehead atoms. The number of hydrogen-bond donors (Lipinski definition) is 2. The first kappa shape index (κ1) is 14.3. The minimum absolute atomic E-state index is 0.138. The van der Waals surface area contributed by atoms with E-state index in [0.29, 0.717) is 17.1 Å². The Bertz CT molecular complexity index is 599. The normalized spacial score (nSPS) is 13.8. The summed E-state index contributed by atoms with van der Waals surface area (Å²) in [6.45, 7) is 5.36. The Morgan fingerprint density at radius 2 is 1.95 bits per heavy atom. The molecule has 4 heteroatoms. The van der Waals surface area contributed by atoms with Gasteiger partial charge in [-0.1, -0.05) is 30.3 Å². The first-order valence-corrected chi connectivity index (χ1v) is 6.53. The number of hydrogen-bond acceptors (Lipinski definition) is 3. The van der Waals surface area contributed by atoms with Gasteiger partial charge >= 0.3 is 0 Å². The monoisotopic (exact) mass is 273 g/mol. The largest absolute Gasteiger partial charge is 0.466 e. The lowest BCUT2D eigenvalue weighted by Crippen LogP contribution is -2.38. The number of rotatable bonds is 4. The van der Waals surface area contributed by atoms with Gasteiger partial charge in [-0.05, 0) is 32.4 Å². The van der Waals surface area contributed by atoms with Gasteiger partial charge in [0.05, 0.1) is 12.1 Å². The van der Waals surface area contributed by atoms with E-state index in [1.807, 2.05) is 30.3 Å². The van der Waals surface area contributed by atoms with Crippen LogP contribution < -0.4 is 5.32 Å². The fourth-order valence-corrected chi connectivity index (χ4v) is 2.10. The molecule has 4 nitrogen and oxygen atoms in total. The molecule has 0 radical (unpaired) electrons. The third-order valence-electron chi connectivity index (χ3n) is 3.27. The molecule has 0 saturated heterocycles. The van der Waals surface area contributed by atoms with Crippen molar-refractivity contribution >= 4 is 5.91 Å². The summed E-state index contributed by atoms with van der Waals surface area (Å²) in [7, 11) is 0. The smallest absolute Gasteiger partial charge is 0.254 e. The molecule has 0 fully saturated rings. The summed E-state index contributed by atoms with van der Waals surface area (Å²) >= 11 is 0. The van der Waals surface area contributed by atoms with Crippen LogP contribution in [0.5, 0.6) is 0 Å². The molecular formula is C16H19NO3. The van der Waals surface area contributed by atoms with Gasteiger partial charge in [0, 0.05) is 0 Å². The molecule has 0 aliphatic rings. The van der Waals surface area contributed by atoms with Gasteiger partial charge in [-0.15, -0.1) is 0 Å². The van der Waals surface area contributed by atoms with Gasteiger partial charge in [0.2, 0.25) is 0 Å². The van der Waals surface area contributed by atoms with Crippen molar-refractivity contribution in [2.75, 3.05) is 6.54 Å². The van der Waals surface area contributed by atoms with Gasteiger partial charge in [0.1, 0.15) is 17.1 Å². The number of aryl methyl sites for hydroxylation is 2. The third-order valence-corrected chi connectivity index (χ3v) is 3.27. The predicted octanol–water partition coefficient (Wildman–Crippen LogP) is 2.53. The lowest BCUT2D eigenvalue weighted by Gasteiger charge is -2.24. The second-order valence-corrected chi connectivity index (χ2v) is 5.15. The van der Waals surface area contributed by atoms with Gasteiger partial charge < -0.3 is 14.8 Å². The Labute approximate surface area is 118 Å². The molecule has 2 aromatic rings. The molecule has 0 saturated carbocycles. The topological polar surface area (TPSA) is 62.5 Å². The number of carbonyl (C=O) groups excluding carboxylic acids is 1. The lowest BCUT2D eigenvalue weighted by atomic mass is 9.96. The molecule has 0 aliphatic carbocycles. The molecule has 2 rings (SSSR count). The fourth-order valence-electron chi connectivity index (χ4n) is 2.10. The molecule has 1 amide bonds. The van der Waals surface area contributed by atoms with E-state index >= 15 is 0 Å². The summed E-state index contributed by atoms with van der Waals surface area (Å²) in [5, 5.41) is 13.2. The van der Waals surface area contributed by atoms with Gasteiger partial charge in [-0.25, -0.2) is 0 Å². The number of aliphatic hydroxyl groups is 1. The van der Waals surface area contributed by atoms with Crippen LogP contribution in [0.2, 0.25) is 0 Å². The van der Waals surface area contributed by atoms with Crippen LogP contribution in [-0.2, 0) is 5.60 Å². The van der Waals surface area contributed by atoms with Crippen molar-refractivity contribution in [2.45, 2.75) is 26.4 Å². The quantitative estimate of drug-likeness (QED) is 0.899. The zero-order valence-corrected chi connectivity index (χ0v) is 11.9. The van der Waals surface area contributed by atoms with Gasteiger partial charge in [0.25, 0.3) is 5.91 Å². The highest BCUT2D eigenvalue weighted by Crippen LogP contribution is 2.19. The summed E-state index contributed by atoms with van der Waals surface area (Å²) in [6.07, 6.45) is 0. The van der Waals surface area contributed by atoms with Crippen molar-refractivity contribution < 1.29 is 14.3 Å². The number of nitrogens with one attached hydrogen (secondary N) is 1. The fraction of sp³-hybridized carbons (Fsp3) is 0.312. The molecule has 2 N–H and O–H groups in total. The second-order valence-electron chi connectivity index (χ2n) is 5.15. The second kappa shape index (κ2) is 5.51. The van der Waals surface area contributed by atoms with E-state index in [4.69, 9.17) is 4.42 Å². The summed E-state index contributed by atoms with van der Waals surface area (Å²) < 4.78 is 5.33. The van der Waals surface area contributed by atoms with Crippen LogP contribution >= 0.6 is 0 Å². The van der Waals surface area contributed by atoms with Crippen LogP contribution in [-0.4, -0.2) is 17.6 Å². The first-order chi connectivity index (χ1) is 9.40. The lowest BCUT2D eigenvalue weighted by molar-refractivity contribution is 0.0526. The Kier molecular flexibility index (Phi) is 3.95. The van der Waals surface area contributed by atoms with E-state index in [9.17, 15) is 9.90 Å². The van der Waals surface area contributed by atoms with Crippen molar-refractivity contribution in [2.24, 2.45) is 0 Å². The van der Waals surface area contributed by atoms with E-state index in [2.05, 4.69) is 5.32 Å². The Morgan fingerprint density at radius 1 is 1.30 bits per heavy atom. The highest BCUT2D eigenvalue weighted by Gasteiger charge is 2.24. The molecule has 1 aromatic heterocycles. The zero-order valence-electron chi connectivity index (χ0n) is 11.9. The summed E-state index contributed by atoms with van der Waals surface area (Å²) in [5.41, 5.74) is 0.163. The van der Waals surface area contributed by atoms with Crippen LogP contribution in [0, 0.1) is 13.8 Å². The van der Waals surface area contributed by atoms with Crippen molar-refractivity contribution in [3.63, 3.8) is 0 Å². The SMILES string of the molecule is Cc1cc(C(=O)NCC(C)(O)c2ccccc2)c(C)o1. The zero-order chi connectivity index (χ0) is 14.8. The van der Waals surface area contributed by atoms with Crippen molar-refractivity contribution in [3.8, 4) is 0 Å². The van der Waals surface area contributed by atoms with Crippen molar-refractivity contribution in [1.29, 1.82) is 0 Å². The van der Waals surface area contributed by atoms with E-state index in [1.165, 1.54) is 0 Å². The molecular weight excluding hydrogens is 254 g/mol. The van der Waals surface area contributed by atoms with Gasteiger partial charge in [0.15, 0.2) is 0 Å². The first-order valence-electron chi connectivity index (χ1n) is 6.53. The van der Waals surface area contributed by atoms with E-state index in [0.717, 1.165) is 5.56 Å².